The molecule has 3 nitrogen and oxygen atoms in total. The van der Waals surface area contributed by atoms with Crippen molar-refractivity contribution >= 4 is 5.91 Å². The Balaban J connectivity index is 1.98. The SMILES string of the molecule is CC(NC(=O)C(C)C(N)c1ccccc1)C(C)c1ccccc1. The van der Waals surface area contributed by atoms with Gasteiger partial charge in [0.1, 0.15) is 0 Å². The van der Waals surface area contributed by atoms with Gasteiger partial charge in [-0.3, -0.25) is 4.79 Å². The molecule has 3 N–H and O–H groups in total. The zero-order valence-corrected chi connectivity index (χ0v) is 14.1. The quantitative estimate of drug-likeness (QED) is 0.856. The molecule has 0 aromatic heterocycles. The third kappa shape index (κ3) is 4.42. The number of hydrogen-bond donors (Lipinski definition) is 2. The van der Waals surface area contributed by atoms with Gasteiger partial charge in [0.25, 0.3) is 0 Å². The van der Waals surface area contributed by atoms with E-state index in [-0.39, 0.29) is 29.8 Å². The molecule has 0 aliphatic rings. The molecule has 3 heteroatoms. The number of nitrogens with two attached hydrogens (primary N) is 1. The van der Waals surface area contributed by atoms with Crippen LogP contribution in [-0.4, -0.2) is 11.9 Å². The Hall–Kier alpha value is -2.13. The maximum Gasteiger partial charge on any atom is 0.224 e. The number of nitrogens with one attached hydrogen (secondary N) is 1. The van der Waals surface area contributed by atoms with Gasteiger partial charge in [0.05, 0.1) is 5.92 Å². The molecule has 0 aliphatic carbocycles. The fraction of sp³-hybridized carbons (Fsp3) is 0.350. The van der Waals surface area contributed by atoms with Crippen LogP contribution in [-0.2, 0) is 4.79 Å². The lowest BCUT2D eigenvalue weighted by Crippen LogP contribution is -2.42. The highest BCUT2D eigenvalue weighted by molar-refractivity contribution is 5.79. The molecule has 0 bridgehead atoms. The van der Waals surface area contributed by atoms with Gasteiger partial charge in [-0.1, -0.05) is 74.5 Å². The van der Waals surface area contributed by atoms with E-state index < -0.39 is 0 Å². The van der Waals surface area contributed by atoms with Gasteiger partial charge in [-0.05, 0) is 18.1 Å². The van der Waals surface area contributed by atoms with Crippen molar-refractivity contribution in [2.45, 2.75) is 38.8 Å². The number of carbonyl (C=O) groups is 1. The molecule has 23 heavy (non-hydrogen) atoms. The summed E-state index contributed by atoms with van der Waals surface area (Å²) in [5, 5.41) is 3.11. The standard InChI is InChI=1S/C20H26N2O/c1-14(17-10-6-4-7-11-17)16(3)22-20(23)15(2)19(21)18-12-8-5-9-13-18/h4-16,19H,21H2,1-3H3,(H,22,23). The minimum absolute atomic E-state index is 0.00312. The second-order valence-corrected chi connectivity index (χ2v) is 6.22. The molecule has 0 aliphatic heterocycles. The van der Waals surface area contributed by atoms with E-state index in [0.717, 1.165) is 5.56 Å². The Bertz CT molecular complexity index is 612. The van der Waals surface area contributed by atoms with Gasteiger partial charge in [-0.2, -0.15) is 0 Å². The van der Waals surface area contributed by atoms with Crippen LogP contribution in [0.5, 0.6) is 0 Å². The summed E-state index contributed by atoms with van der Waals surface area (Å²) in [6, 6.07) is 19.7. The normalized spacial score (nSPS) is 16.2. The summed E-state index contributed by atoms with van der Waals surface area (Å²) in [4.78, 5) is 12.5. The van der Waals surface area contributed by atoms with Crippen molar-refractivity contribution in [3.63, 3.8) is 0 Å². The third-order valence-electron chi connectivity index (χ3n) is 4.58. The summed E-state index contributed by atoms with van der Waals surface area (Å²) >= 11 is 0. The van der Waals surface area contributed by atoms with Gasteiger partial charge in [-0.25, -0.2) is 0 Å². The van der Waals surface area contributed by atoms with Crippen molar-refractivity contribution in [3.05, 3.63) is 71.8 Å². The van der Waals surface area contributed by atoms with E-state index in [9.17, 15) is 4.79 Å². The zero-order valence-electron chi connectivity index (χ0n) is 14.1. The van der Waals surface area contributed by atoms with E-state index in [1.165, 1.54) is 5.56 Å². The van der Waals surface area contributed by atoms with Crippen LogP contribution in [0.3, 0.4) is 0 Å². The molecule has 2 aromatic carbocycles. The predicted molar refractivity (Wildman–Crippen MR) is 95.0 cm³/mol. The van der Waals surface area contributed by atoms with Crippen molar-refractivity contribution in [2.75, 3.05) is 0 Å². The fourth-order valence-corrected chi connectivity index (χ4v) is 2.65. The van der Waals surface area contributed by atoms with E-state index in [1.54, 1.807) is 0 Å². The summed E-state index contributed by atoms with van der Waals surface area (Å²) in [5.74, 6) is -0.0280. The summed E-state index contributed by atoms with van der Waals surface area (Å²) in [7, 11) is 0. The smallest absolute Gasteiger partial charge is 0.224 e. The lowest BCUT2D eigenvalue weighted by atomic mass is 9.92. The van der Waals surface area contributed by atoms with Crippen LogP contribution in [0.25, 0.3) is 0 Å². The largest absolute Gasteiger partial charge is 0.353 e. The van der Waals surface area contributed by atoms with Crippen LogP contribution in [0.2, 0.25) is 0 Å². The van der Waals surface area contributed by atoms with Crippen molar-refractivity contribution in [3.8, 4) is 0 Å². The highest BCUT2D eigenvalue weighted by Crippen LogP contribution is 2.22. The van der Waals surface area contributed by atoms with Crippen LogP contribution in [0, 0.1) is 5.92 Å². The topological polar surface area (TPSA) is 55.1 Å². The van der Waals surface area contributed by atoms with Gasteiger partial charge in [0.2, 0.25) is 5.91 Å². The molecule has 0 fully saturated rings. The first-order valence-electron chi connectivity index (χ1n) is 8.16. The molecule has 122 valence electrons. The van der Waals surface area contributed by atoms with E-state index in [2.05, 4.69) is 24.4 Å². The van der Waals surface area contributed by atoms with Crippen LogP contribution in [0.4, 0.5) is 0 Å². The molecule has 4 atom stereocenters. The summed E-state index contributed by atoms with van der Waals surface area (Å²) in [6.07, 6.45) is 0. The van der Waals surface area contributed by atoms with Crippen LogP contribution in [0.15, 0.2) is 60.7 Å². The first-order chi connectivity index (χ1) is 11.0. The van der Waals surface area contributed by atoms with Crippen LogP contribution in [0.1, 0.15) is 43.9 Å². The van der Waals surface area contributed by atoms with E-state index in [4.69, 9.17) is 5.73 Å². The molecule has 2 rings (SSSR count). The molecule has 0 heterocycles. The number of hydrogen-bond acceptors (Lipinski definition) is 2. The molecule has 4 unspecified atom stereocenters. The Kier molecular flexibility index (Phi) is 5.94. The monoisotopic (exact) mass is 310 g/mol. The van der Waals surface area contributed by atoms with E-state index in [1.807, 2.05) is 62.4 Å². The Morgan fingerprint density at radius 2 is 1.35 bits per heavy atom. The first kappa shape index (κ1) is 17.2. The highest BCUT2D eigenvalue weighted by atomic mass is 16.1. The minimum atomic E-state index is -0.296. The second kappa shape index (κ2) is 7.93. The maximum absolute atomic E-state index is 12.5. The van der Waals surface area contributed by atoms with Gasteiger partial charge >= 0.3 is 0 Å². The molecule has 0 radical (unpaired) electrons. The van der Waals surface area contributed by atoms with Crippen molar-refractivity contribution in [1.82, 2.24) is 5.32 Å². The molecule has 2 aromatic rings. The predicted octanol–water partition coefficient (Wildman–Crippen LogP) is 3.63. The number of amides is 1. The molecular weight excluding hydrogens is 284 g/mol. The average Bonchev–Trinajstić information content (AvgIpc) is 2.61. The Morgan fingerprint density at radius 1 is 0.870 bits per heavy atom. The Labute approximate surface area is 138 Å². The minimum Gasteiger partial charge on any atom is -0.353 e. The van der Waals surface area contributed by atoms with Gasteiger partial charge in [0, 0.05) is 18.0 Å². The number of rotatable bonds is 6. The van der Waals surface area contributed by atoms with Gasteiger partial charge < -0.3 is 11.1 Å². The highest BCUT2D eigenvalue weighted by Gasteiger charge is 2.25. The molecular formula is C20H26N2O. The lowest BCUT2D eigenvalue weighted by molar-refractivity contribution is -0.125. The van der Waals surface area contributed by atoms with Gasteiger partial charge in [-0.15, -0.1) is 0 Å². The van der Waals surface area contributed by atoms with Crippen molar-refractivity contribution in [1.29, 1.82) is 0 Å². The summed E-state index contributed by atoms with van der Waals surface area (Å²) in [6.45, 7) is 6.05. The fourth-order valence-electron chi connectivity index (χ4n) is 2.65. The van der Waals surface area contributed by atoms with Crippen molar-refractivity contribution in [2.24, 2.45) is 11.7 Å². The molecule has 1 amide bonds. The number of benzene rings is 2. The van der Waals surface area contributed by atoms with E-state index >= 15 is 0 Å². The van der Waals surface area contributed by atoms with Crippen LogP contribution >= 0.6 is 0 Å². The lowest BCUT2D eigenvalue weighted by Gasteiger charge is -2.26. The Morgan fingerprint density at radius 3 is 1.87 bits per heavy atom. The van der Waals surface area contributed by atoms with Gasteiger partial charge in [0.15, 0.2) is 0 Å². The summed E-state index contributed by atoms with van der Waals surface area (Å²) < 4.78 is 0. The average molecular weight is 310 g/mol. The summed E-state index contributed by atoms with van der Waals surface area (Å²) in [5.41, 5.74) is 8.45. The maximum atomic E-state index is 12.5. The molecule has 0 spiro atoms. The first-order valence-corrected chi connectivity index (χ1v) is 8.16. The second-order valence-electron chi connectivity index (χ2n) is 6.22. The van der Waals surface area contributed by atoms with E-state index in [0.29, 0.717) is 0 Å². The zero-order chi connectivity index (χ0) is 16.8. The molecule has 0 saturated heterocycles. The van der Waals surface area contributed by atoms with Crippen molar-refractivity contribution < 1.29 is 4.79 Å². The third-order valence-corrected chi connectivity index (χ3v) is 4.58. The molecule has 0 saturated carbocycles. The number of carbonyl (C=O) groups excluding carboxylic acids is 1. The van der Waals surface area contributed by atoms with Crippen LogP contribution < -0.4 is 11.1 Å².